The van der Waals surface area contributed by atoms with Gasteiger partial charge in [-0.25, -0.2) is 9.18 Å². The largest absolute Gasteiger partial charge is 0.324 e. The summed E-state index contributed by atoms with van der Waals surface area (Å²) in [6.07, 6.45) is 2.18. The number of urea groups is 1. The molecule has 2 fully saturated rings. The zero-order valence-corrected chi connectivity index (χ0v) is 10.8. The first-order chi connectivity index (χ1) is 9.25. The molecule has 0 unspecified atom stereocenters. The molecule has 2 aliphatic rings. The van der Waals surface area contributed by atoms with Crippen molar-refractivity contribution in [2.75, 3.05) is 31.1 Å². The van der Waals surface area contributed by atoms with Gasteiger partial charge in [-0.1, -0.05) is 0 Å². The minimum absolute atomic E-state index is 0.0420. The van der Waals surface area contributed by atoms with Crippen molar-refractivity contribution >= 4 is 11.7 Å². The van der Waals surface area contributed by atoms with Crippen LogP contribution in [0.2, 0.25) is 0 Å². The number of amides is 2. The van der Waals surface area contributed by atoms with E-state index in [0.717, 1.165) is 38.2 Å². The number of halogens is 1. The fourth-order valence-corrected chi connectivity index (χ4v) is 2.85. The number of nitrogens with zero attached hydrogens (tertiary/aromatic N) is 2. The van der Waals surface area contributed by atoms with E-state index in [2.05, 4.69) is 5.32 Å². The summed E-state index contributed by atoms with van der Waals surface area (Å²) in [4.78, 5) is 16.1. The average Bonchev–Trinajstić information content (AvgIpc) is 2.83. The second kappa shape index (κ2) is 5.17. The van der Waals surface area contributed by atoms with Crippen molar-refractivity contribution in [1.82, 2.24) is 10.2 Å². The van der Waals surface area contributed by atoms with Crippen LogP contribution in [0.4, 0.5) is 14.9 Å². The lowest BCUT2D eigenvalue weighted by atomic mass is 10.1. The van der Waals surface area contributed by atoms with Crippen LogP contribution < -0.4 is 10.2 Å². The highest BCUT2D eigenvalue weighted by molar-refractivity contribution is 5.94. The summed E-state index contributed by atoms with van der Waals surface area (Å²) in [5, 5.41) is 3.33. The van der Waals surface area contributed by atoms with Crippen LogP contribution in [0.5, 0.6) is 0 Å². The van der Waals surface area contributed by atoms with E-state index in [0.29, 0.717) is 12.6 Å². The standard InChI is InChI=1S/C14H18FN3O/c15-11-3-5-12(6-4-11)17-8-9-18(14(17)19)13-2-1-7-16-10-13/h3-6,13,16H,1-2,7-10H2/t13-/m1/s1. The van der Waals surface area contributed by atoms with Crippen molar-refractivity contribution in [3.63, 3.8) is 0 Å². The van der Waals surface area contributed by atoms with Gasteiger partial charge in [0, 0.05) is 31.4 Å². The van der Waals surface area contributed by atoms with E-state index in [1.807, 2.05) is 4.90 Å². The van der Waals surface area contributed by atoms with Crippen LogP contribution in [0, 0.1) is 5.82 Å². The molecule has 19 heavy (non-hydrogen) atoms. The first-order valence-corrected chi connectivity index (χ1v) is 6.80. The highest BCUT2D eigenvalue weighted by atomic mass is 19.1. The third-order valence-corrected chi connectivity index (χ3v) is 3.89. The Morgan fingerprint density at radius 2 is 2.00 bits per heavy atom. The number of carbonyl (C=O) groups is 1. The molecule has 0 bridgehead atoms. The first-order valence-electron chi connectivity index (χ1n) is 6.80. The van der Waals surface area contributed by atoms with E-state index in [4.69, 9.17) is 0 Å². The van der Waals surface area contributed by atoms with Crippen molar-refractivity contribution in [3.8, 4) is 0 Å². The van der Waals surface area contributed by atoms with Crippen LogP contribution in [-0.4, -0.2) is 43.2 Å². The van der Waals surface area contributed by atoms with Gasteiger partial charge in [-0.15, -0.1) is 0 Å². The number of nitrogens with one attached hydrogen (secondary N) is 1. The molecule has 0 radical (unpaired) electrons. The van der Waals surface area contributed by atoms with Gasteiger partial charge in [-0.3, -0.25) is 4.90 Å². The smallest absolute Gasteiger partial charge is 0.318 e. The molecule has 0 aromatic heterocycles. The average molecular weight is 263 g/mol. The number of hydrogen-bond donors (Lipinski definition) is 1. The minimum Gasteiger partial charge on any atom is -0.318 e. The predicted octanol–water partition coefficient (Wildman–Crippen LogP) is 1.82. The molecule has 0 saturated carbocycles. The highest BCUT2D eigenvalue weighted by Gasteiger charge is 2.34. The molecule has 1 aromatic rings. The van der Waals surface area contributed by atoms with Gasteiger partial charge in [0.15, 0.2) is 0 Å². The Hall–Kier alpha value is -1.62. The van der Waals surface area contributed by atoms with Crippen molar-refractivity contribution in [1.29, 1.82) is 0 Å². The molecule has 2 amide bonds. The molecule has 0 spiro atoms. The van der Waals surface area contributed by atoms with E-state index in [9.17, 15) is 9.18 Å². The summed E-state index contributed by atoms with van der Waals surface area (Å²) >= 11 is 0. The Labute approximate surface area is 112 Å². The molecule has 0 aliphatic carbocycles. The molecular formula is C14H18FN3O. The van der Waals surface area contributed by atoms with Crippen molar-refractivity contribution in [2.24, 2.45) is 0 Å². The maximum Gasteiger partial charge on any atom is 0.324 e. The number of benzene rings is 1. The van der Waals surface area contributed by atoms with Gasteiger partial charge in [-0.05, 0) is 43.7 Å². The lowest BCUT2D eigenvalue weighted by Gasteiger charge is -2.31. The van der Waals surface area contributed by atoms with Crippen LogP contribution in [-0.2, 0) is 0 Å². The van der Waals surface area contributed by atoms with Gasteiger partial charge in [0.25, 0.3) is 0 Å². The summed E-state index contributed by atoms with van der Waals surface area (Å²) in [6, 6.07) is 6.46. The molecule has 1 aromatic carbocycles. The van der Waals surface area contributed by atoms with Crippen LogP contribution in [0.15, 0.2) is 24.3 Å². The molecule has 4 nitrogen and oxygen atoms in total. The summed E-state index contributed by atoms with van der Waals surface area (Å²) in [7, 11) is 0. The second-order valence-electron chi connectivity index (χ2n) is 5.10. The Bertz CT molecular complexity index is 456. The number of piperidine rings is 1. The van der Waals surface area contributed by atoms with Crippen LogP contribution >= 0.6 is 0 Å². The van der Waals surface area contributed by atoms with Crippen LogP contribution in [0.25, 0.3) is 0 Å². The topological polar surface area (TPSA) is 35.6 Å². The lowest BCUT2D eigenvalue weighted by molar-refractivity contribution is 0.187. The molecule has 2 aliphatic heterocycles. The zero-order chi connectivity index (χ0) is 13.2. The fraction of sp³-hybridized carbons (Fsp3) is 0.500. The number of hydrogen-bond acceptors (Lipinski definition) is 2. The summed E-state index contributed by atoms with van der Waals surface area (Å²) in [6.45, 7) is 3.35. The SMILES string of the molecule is O=C1N(c2ccc(F)cc2)CCN1[C@@H]1CCCNC1. The monoisotopic (exact) mass is 263 g/mol. The second-order valence-corrected chi connectivity index (χ2v) is 5.10. The molecule has 1 atom stereocenters. The Morgan fingerprint density at radius 3 is 2.68 bits per heavy atom. The van der Waals surface area contributed by atoms with Gasteiger partial charge >= 0.3 is 6.03 Å². The van der Waals surface area contributed by atoms with Crippen LogP contribution in [0.3, 0.4) is 0 Å². The van der Waals surface area contributed by atoms with E-state index in [1.165, 1.54) is 12.1 Å². The molecule has 3 rings (SSSR count). The quantitative estimate of drug-likeness (QED) is 0.883. The van der Waals surface area contributed by atoms with E-state index in [1.54, 1.807) is 17.0 Å². The van der Waals surface area contributed by atoms with Gasteiger partial charge in [0.05, 0.1) is 0 Å². The predicted molar refractivity (Wildman–Crippen MR) is 71.7 cm³/mol. The van der Waals surface area contributed by atoms with Gasteiger partial charge in [0.2, 0.25) is 0 Å². The third-order valence-electron chi connectivity index (χ3n) is 3.89. The first kappa shape index (κ1) is 12.4. The third kappa shape index (κ3) is 2.42. The molecule has 102 valence electrons. The molecule has 5 heteroatoms. The molecule has 2 heterocycles. The van der Waals surface area contributed by atoms with Crippen molar-refractivity contribution < 1.29 is 9.18 Å². The summed E-state index contributed by atoms with van der Waals surface area (Å²) in [5.41, 5.74) is 0.776. The maximum absolute atomic E-state index is 12.9. The molecule has 1 N–H and O–H groups in total. The van der Waals surface area contributed by atoms with Gasteiger partial charge in [0.1, 0.15) is 5.82 Å². The van der Waals surface area contributed by atoms with Crippen molar-refractivity contribution in [2.45, 2.75) is 18.9 Å². The maximum atomic E-state index is 12.9. The van der Waals surface area contributed by atoms with Gasteiger partial charge in [-0.2, -0.15) is 0 Å². The number of rotatable bonds is 2. The van der Waals surface area contributed by atoms with Crippen LogP contribution in [0.1, 0.15) is 12.8 Å². The normalized spacial score (nSPS) is 24.1. The van der Waals surface area contributed by atoms with E-state index in [-0.39, 0.29) is 11.8 Å². The Kier molecular flexibility index (Phi) is 3.38. The summed E-state index contributed by atoms with van der Waals surface area (Å²) < 4.78 is 12.9. The minimum atomic E-state index is -0.274. The Morgan fingerprint density at radius 1 is 1.21 bits per heavy atom. The lowest BCUT2D eigenvalue weighted by Crippen LogP contribution is -2.47. The number of anilines is 1. The van der Waals surface area contributed by atoms with Crippen molar-refractivity contribution in [3.05, 3.63) is 30.1 Å². The highest BCUT2D eigenvalue weighted by Crippen LogP contribution is 2.23. The number of carbonyl (C=O) groups excluding carboxylic acids is 1. The Balaban J connectivity index is 1.72. The molecular weight excluding hydrogens is 245 g/mol. The van der Waals surface area contributed by atoms with Gasteiger partial charge < -0.3 is 10.2 Å². The zero-order valence-electron chi connectivity index (χ0n) is 10.8. The molecule has 2 saturated heterocycles. The summed E-state index contributed by atoms with van der Waals surface area (Å²) in [5.74, 6) is -0.274. The van der Waals surface area contributed by atoms with E-state index < -0.39 is 0 Å². The fourth-order valence-electron chi connectivity index (χ4n) is 2.85. The van der Waals surface area contributed by atoms with E-state index >= 15 is 0 Å².